The smallest absolute Gasteiger partial charge is 0.207 e. The van der Waals surface area contributed by atoms with E-state index in [1.165, 1.54) is 12.1 Å². The fraction of sp³-hybridized carbons (Fsp3) is 0.188. The average Bonchev–Trinajstić information content (AvgIpc) is 2.54. The summed E-state index contributed by atoms with van der Waals surface area (Å²) >= 11 is 1.73. The molecule has 0 heterocycles. The quantitative estimate of drug-likeness (QED) is 0.825. The van der Waals surface area contributed by atoms with E-state index in [9.17, 15) is 8.42 Å². The van der Waals surface area contributed by atoms with E-state index < -0.39 is 10.0 Å². The normalized spacial score (nSPS) is 11.1. The molecule has 0 radical (unpaired) electrons. The van der Waals surface area contributed by atoms with Crippen LogP contribution in [-0.2, 0) is 16.6 Å². The SMILES string of the molecule is CCSc1ccc(CNS(=O)(=O)c2ccccc2C#N)cc1. The largest absolute Gasteiger partial charge is 0.242 e. The molecule has 2 aromatic carbocycles. The molecule has 2 rings (SSSR count). The summed E-state index contributed by atoms with van der Waals surface area (Å²) in [5.41, 5.74) is 1.02. The Morgan fingerprint density at radius 3 is 2.45 bits per heavy atom. The van der Waals surface area contributed by atoms with Crippen LogP contribution in [-0.4, -0.2) is 14.2 Å². The third kappa shape index (κ3) is 4.10. The number of nitrogens with one attached hydrogen (secondary N) is 1. The van der Waals surface area contributed by atoms with Crippen LogP contribution in [0.25, 0.3) is 0 Å². The highest BCUT2D eigenvalue weighted by molar-refractivity contribution is 7.99. The molecule has 0 saturated carbocycles. The van der Waals surface area contributed by atoms with Crippen LogP contribution in [0.5, 0.6) is 0 Å². The van der Waals surface area contributed by atoms with E-state index in [0.29, 0.717) is 0 Å². The van der Waals surface area contributed by atoms with Gasteiger partial charge in [0.2, 0.25) is 10.0 Å². The number of nitrogens with zero attached hydrogens (tertiary/aromatic N) is 1. The molecule has 1 N–H and O–H groups in total. The number of thioether (sulfide) groups is 1. The molecule has 4 nitrogen and oxygen atoms in total. The van der Waals surface area contributed by atoms with Crippen LogP contribution in [0.2, 0.25) is 0 Å². The minimum Gasteiger partial charge on any atom is -0.207 e. The number of hydrogen-bond acceptors (Lipinski definition) is 4. The van der Waals surface area contributed by atoms with E-state index in [-0.39, 0.29) is 17.0 Å². The Morgan fingerprint density at radius 1 is 1.14 bits per heavy atom. The van der Waals surface area contributed by atoms with Crippen molar-refractivity contribution in [2.24, 2.45) is 0 Å². The first-order valence-corrected chi connectivity index (χ1v) is 9.24. The molecule has 0 spiro atoms. The molecular weight excluding hydrogens is 316 g/mol. The third-order valence-corrected chi connectivity index (χ3v) is 5.35. The number of benzene rings is 2. The fourth-order valence-electron chi connectivity index (χ4n) is 1.92. The lowest BCUT2D eigenvalue weighted by atomic mass is 10.2. The zero-order chi connectivity index (χ0) is 16.0. The van der Waals surface area contributed by atoms with Gasteiger partial charge in [-0.15, -0.1) is 11.8 Å². The van der Waals surface area contributed by atoms with Crippen molar-refractivity contribution in [1.82, 2.24) is 4.72 Å². The van der Waals surface area contributed by atoms with Crippen molar-refractivity contribution >= 4 is 21.8 Å². The van der Waals surface area contributed by atoms with Crippen molar-refractivity contribution in [1.29, 1.82) is 5.26 Å². The lowest BCUT2D eigenvalue weighted by Gasteiger charge is -2.08. The molecule has 0 bridgehead atoms. The number of nitriles is 1. The second kappa shape index (κ2) is 7.45. The van der Waals surface area contributed by atoms with Gasteiger partial charge in [0.05, 0.1) is 10.5 Å². The van der Waals surface area contributed by atoms with Gasteiger partial charge in [-0.1, -0.05) is 31.2 Å². The van der Waals surface area contributed by atoms with E-state index in [2.05, 4.69) is 11.6 Å². The molecule has 0 aliphatic rings. The van der Waals surface area contributed by atoms with Gasteiger partial charge in [-0.3, -0.25) is 0 Å². The van der Waals surface area contributed by atoms with Crippen LogP contribution in [0.15, 0.2) is 58.3 Å². The van der Waals surface area contributed by atoms with Gasteiger partial charge in [0.1, 0.15) is 6.07 Å². The Morgan fingerprint density at radius 2 is 1.82 bits per heavy atom. The second-order valence-corrected chi connectivity index (χ2v) is 7.58. The summed E-state index contributed by atoms with van der Waals surface area (Å²) in [7, 11) is -3.70. The van der Waals surface area contributed by atoms with E-state index >= 15 is 0 Å². The predicted molar refractivity (Wildman–Crippen MR) is 88.0 cm³/mol. The van der Waals surface area contributed by atoms with Crippen molar-refractivity contribution in [2.75, 3.05) is 5.75 Å². The lowest BCUT2D eigenvalue weighted by Crippen LogP contribution is -2.24. The maximum Gasteiger partial charge on any atom is 0.242 e. The first kappa shape index (κ1) is 16.6. The molecule has 114 valence electrons. The highest BCUT2D eigenvalue weighted by atomic mass is 32.2. The monoisotopic (exact) mass is 332 g/mol. The standard InChI is InChI=1S/C16H16N2O2S2/c1-2-21-15-9-7-13(8-10-15)12-18-22(19,20)16-6-4-3-5-14(16)11-17/h3-10,18H,2,12H2,1H3. The van der Waals surface area contributed by atoms with Crippen LogP contribution in [0.1, 0.15) is 18.1 Å². The molecular formula is C16H16N2O2S2. The summed E-state index contributed by atoms with van der Waals surface area (Å²) in [4.78, 5) is 1.17. The molecule has 0 amide bonds. The second-order valence-electron chi connectivity index (χ2n) is 4.51. The van der Waals surface area contributed by atoms with Crippen LogP contribution < -0.4 is 4.72 Å². The minimum absolute atomic E-state index is 0.00987. The molecule has 0 unspecified atom stereocenters. The van der Waals surface area contributed by atoms with Crippen LogP contribution >= 0.6 is 11.8 Å². The van der Waals surface area contributed by atoms with E-state index in [1.54, 1.807) is 23.9 Å². The van der Waals surface area contributed by atoms with Gasteiger partial charge >= 0.3 is 0 Å². The van der Waals surface area contributed by atoms with Crippen molar-refractivity contribution in [3.8, 4) is 6.07 Å². The van der Waals surface area contributed by atoms with Crippen molar-refractivity contribution in [2.45, 2.75) is 23.3 Å². The van der Waals surface area contributed by atoms with Gasteiger partial charge in [0.15, 0.2) is 0 Å². The predicted octanol–water partition coefficient (Wildman–Crippen LogP) is 3.15. The number of sulfonamides is 1. The summed E-state index contributed by atoms with van der Waals surface area (Å²) in [5.74, 6) is 0.997. The van der Waals surface area contributed by atoms with Gasteiger partial charge in [-0.05, 0) is 35.6 Å². The Hall–Kier alpha value is -1.81. The van der Waals surface area contributed by atoms with Crippen molar-refractivity contribution in [3.05, 3.63) is 59.7 Å². The highest BCUT2D eigenvalue weighted by Crippen LogP contribution is 2.18. The summed E-state index contributed by atoms with van der Waals surface area (Å²) in [6.07, 6.45) is 0. The maximum atomic E-state index is 12.3. The van der Waals surface area contributed by atoms with Gasteiger partial charge in [-0.2, -0.15) is 5.26 Å². The molecule has 0 aliphatic carbocycles. The third-order valence-electron chi connectivity index (χ3n) is 3.00. The molecule has 0 aliphatic heterocycles. The highest BCUT2D eigenvalue weighted by Gasteiger charge is 2.17. The Balaban J connectivity index is 2.11. The van der Waals surface area contributed by atoms with Crippen LogP contribution in [0.4, 0.5) is 0 Å². The zero-order valence-corrected chi connectivity index (χ0v) is 13.7. The molecule has 6 heteroatoms. The molecule has 0 atom stereocenters. The Labute approximate surface area is 135 Å². The van der Waals surface area contributed by atoms with Crippen LogP contribution in [0.3, 0.4) is 0 Å². The molecule has 0 saturated heterocycles. The zero-order valence-electron chi connectivity index (χ0n) is 12.1. The molecule has 0 fully saturated rings. The fourth-order valence-corrected chi connectivity index (χ4v) is 3.75. The minimum atomic E-state index is -3.70. The number of hydrogen-bond donors (Lipinski definition) is 1. The Kier molecular flexibility index (Phi) is 5.61. The average molecular weight is 332 g/mol. The topological polar surface area (TPSA) is 70.0 Å². The molecule has 2 aromatic rings. The van der Waals surface area contributed by atoms with Crippen molar-refractivity contribution < 1.29 is 8.42 Å². The van der Waals surface area contributed by atoms with Gasteiger partial charge < -0.3 is 0 Å². The van der Waals surface area contributed by atoms with Gasteiger partial charge in [-0.25, -0.2) is 13.1 Å². The van der Waals surface area contributed by atoms with E-state index in [0.717, 1.165) is 16.2 Å². The first-order chi connectivity index (χ1) is 10.6. The molecule has 22 heavy (non-hydrogen) atoms. The molecule has 0 aromatic heterocycles. The summed E-state index contributed by atoms with van der Waals surface area (Å²) < 4.78 is 27.1. The maximum absolute atomic E-state index is 12.3. The Bertz CT molecular complexity index is 779. The summed E-state index contributed by atoms with van der Waals surface area (Å²) in [6.45, 7) is 2.28. The van der Waals surface area contributed by atoms with Crippen molar-refractivity contribution in [3.63, 3.8) is 0 Å². The summed E-state index contributed by atoms with van der Waals surface area (Å²) in [5, 5.41) is 9.00. The van der Waals surface area contributed by atoms with Gasteiger partial charge in [0, 0.05) is 11.4 Å². The summed E-state index contributed by atoms with van der Waals surface area (Å²) in [6, 6.07) is 15.8. The number of rotatable bonds is 6. The van der Waals surface area contributed by atoms with E-state index in [1.807, 2.05) is 30.3 Å². The first-order valence-electron chi connectivity index (χ1n) is 6.77. The van der Waals surface area contributed by atoms with E-state index in [4.69, 9.17) is 5.26 Å². The van der Waals surface area contributed by atoms with Gasteiger partial charge in [0.25, 0.3) is 0 Å². The van der Waals surface area contributed by atoms with Crippen LogP contribution in [0, 0.1) is 11.3 Å². The lowest BCUT2D eigenvalue weighted by molar-refractivity contribution is 0.581.